The van der Waals surface area contributed by atoms with Gasteiger partial charge in [0.2, 0.25) is 11.8 Å². The van der Waals surface area contributed by atoms with Crippen molar-refractivity contribution < 1.29 is 23.5 Å². The number of carbonyl (C=O) groups is 2. The minimum Gasteiger partial charge on any atom is -0.493 e. The van der Waals surface area contributed by atoms with Gasteiger partial charge >= 0.3 is 0 Å². The second-order valence-corrected chi connectivity index (χ2v) is 6.26. The molecule has 1 aromatic carbocycles. The zero-order chi connectivity index (χ0) is 19.2. The number of ether oxygens (including phenoxy) is 2. The molecular weight excluding hydrogens is 336 g/mol. The number of hydrogen-bond donors (Lipinski definition) is 2. The second kappa shape index (κ2) is 8.42. The Morgan fingerprint density at radius 2 is 1.65 bits per heavy atom. The summed E-state index contributed by atoms with van der Waals surface area (Å²) in [6.45, 7) is 3.66. The lowest BCUT2D eigenvalue weighted by Crippen LogP contribution is -2.47. The number of methoxy groups -OCH3 is 2. The van der Waals surface area contributed by atoms with Crippen LogP contribution in [0.2, 0.25) is 0 Å². The Balaban J connectivity index is 1.93. The average molecular weight is 360 g/mol. The number of hydrogen-bond acceptors (Lipinski definition) is 5. The van der Waals surface area contributed by atoms with E-state index in [-0.39, 0.29) is 24.9 Å². The molecule has 26 heavy (non-hydrogen) atoms. The summed E-state index contributed by atoms with van der Waals surface area (Å²) in [4.78, 5) is 24.8. The number of carbonyl (C=O) groups excluding carboxylic acids is 2. The van der Waals surface area contributed by atoms with Crippen molar-refractivity contribution in [3.8, 4) is 11.5 Å². The highest BCUT2D eigenvalue weighted by Gasteiger charge is 2.35. The van der Waals surface area contributed by atoms with Crippen molar-refractivity contribution in [2.75, 3.05) is 14.2 Å². The Hall–Kier alpha value is -2.96. The van der Waals surface area contributed by atoms with Gasteiger partial charge in [0.05, 0.1) is 27.0 Å². The molecule has 0 unspecified atom stereocenters. The Bertz CT molecular complexity index is 753. The van der Waals surface area contributed by atoms with Crippen LogP contribution >= 0.6 is 0 Å². The van der Waals surface area contributed by atoms with Gasteiger partial charge in [0.1, 0.15) is 11.2 Å². The van der Waals surface area contributed by atoms with Crippen LogP contribution in [-0.4, -0.2) is 26.0 Å². The molecular formula is C19H24N2O5. The van der Waals surface area contributed by atoms with Crippen molar-refractivity contribution in [2.24, 2.45) is 5.41 Å². The molecule has 0 saturated heterocycles. The molecule has 0 aliphatic rings. The summed E-state index contributed by atoms with van der Waals surface area (Å²) in [6, 6.07) is 8.86. The van der Waals surface area contributed by atoms with Gasteiger partial charge in [-0.15, -0.1) is 0 Å². The number of amides is 2. The van der Waals surface area contributed by atoms with Crippen molar-refractivity contribution in [2.45, 2.75) is 26.9 Å². The van der Waals surface area contributed by atoms with Gasteiger partial charge < -0.3 is 24.5 Å². The van der Waals surface area contributed by atoms with Gasteiger partial charge in [0.25, 0.3) is 0 Å². The Morgan fingerprint density at radius 1 is 1.00 bits per heavy atom. The highest BCUT2D eigenvalue weighted by Crippen LogP contribution is 2.27. The summed E-state index contributed by atoms with van der Waals surface area (Å²) < 4.78 is 15.6. The van der Waals surface area contributed by atoms with Gasteiger partial charge in [-0.3, -0.25) is 9.59 Å². The number of furan rings is 1. The molecule has 0 atom stereocenters. The smallest absolute Gasteiger partial charge is 0.235 e. The molecule has 1 aromatic heterocycles. The molecule has 0 spiro atoms. The molecule has 0 aliphatic carbocycles. The molecule has 2 amide bonds. The van der Waals surface area contributed by atoms with Crippen LogP contribution in [0.15, 0.2) is 41.0 Å². The minimum atomic E-state index is -1.22. The number of rotatable bonds is 8. The summed E-state index contributed by atoms with van der Waals surface area (Å²) in [7, 11) is 3.11. The molecule has 0 radical (unpaired) electrons. The van der Waals surface area contributed by atoms with Crippen LogP contribution in [0.4, 0.5) is 0 Å². The third-order valence-corrected chi connectivity index (χ3v) is 4.04. The van der Waals surface area contributed by atoms with Crippen LogP contribution < -0.4 is 20.1 Å². The summed E-state index contributed by atoms with van der Waals surface area (Å²) >= 11 is 0. The van der Waals surface area contributed by atoms with Gasteiger partial charge in [0.15, 0.2) is 11.5 Å². The summed E-state index contributed by atoms with van der Waals surface area (Å²) in [5.41, 5.74) is -0.383. The van der Waals surface area contributed by atoms with E-state index in [1.165, 1.54) is 6.26 Å². The monoisotopic (exact) mass is 360 g/mol. The standard InChI is InChI=1S/C19H24N2O5/c1-19(2,18(23)21-12-14-6-5-9-26-14)17(22)20-11-13-7-8-15(24-3)16(10-13)25-4/h5-10H,11-12H2,1-4H3,(H,20,22)(H,21,23). The van der Waals surface area contributed by atoms with E-state index in [0.29, 0.717) is 17.3 Å². The maximum absolute atomic E-state index is 12.5. The van der Waals surface area contributed by atoms with Crippen molar-refractivity contribution in [1.82, 2.24) is 10.6 Å². The average Bonchev–Trinajstić information content (AvgIpc) is 3.17. The van der Waals surface area contributed by atoms with Gasteiger partial charge in [-0.1, -0.05) is 6.07 Å². The fourth-order valence-electron chi connectivity index (χ4n) is 2.30. The fraction of sp³-hybridized carbons (Fsp3) is 0.368. The maximum atomic E-state index is 12.5. The first-order chi connectivity index (χ1) is 12.4. The van der Waals surface area contributed by atoms with Crippen LogP contribution in [0.1, 0.15) is 25.2 Å². The second-order valence-electron chi connectivity index (χ2n) is 6.26. The highest BCUT2D eigenvalue weighted by molar-refractivity contribution is 6.04. The van der Waals surface area contributed by atoms with E-state index in [2.05, 4.69) is 10.6 Å². The molecule has 2 aromatic rings. The number of nitrogens with one attached hydrogen (secondary N) is 2. The van der Waals surface area contributed by atoms with Crippen LogP contribution in [0.3, 0.4) is 0 Å². The third-order valence-electron chi connectivity index (χ3n) is 4.04. The topological polar surface area (TPSA) is 89.8 Å². The number of benzene rings is 1. The molecule has 2 N–H and O–H groups in total. The summed E-state index contributed by atoms with van der Waals surface area (Å²) in [5, 5.41) is 5.49. The van der Waals surface area contributed by atoms with Gasteiger partial charge in [-0.05, 0) is 43.7 Å². The van der Waals surface area contributed by atoms with E-state index >= 15 is 0 Å². The lowest BCUT2D eigenvalue weighted by Gasteiger charge is -2.22. The van der Waals surface area contributed by atoms with Crippen LogP contribution in [0, 0.1) is 5.41 Å². The predicted octanol–water partition coefficient (Wildman–Crippen LogP) is 2.26. The Labute approximate surface area is 152 Å². The van der Waals surface area contributed by atoms with Crippen LogP contribution in [0.25, 0.3) is 0 Å². The first kappa shape index (κ1) is 19.4. The van der Waals surface area contributed by atoms with E-state index in [0.717, 1.165) is 5.56 Å². The first-order valence-electron chi connectivity index (χ1n) is 8.18. The van der Waals surface area contributed by atoms with Gasteiger partial charge in [-0.25, -0.2) is 0 Å². The van der Waals surface area contributed by atoms with E-state index in [4.69, 9.17) is 13.9 Å². The molecule has 7 nitrogen and oxygen atoms in total. The quantitative estimate of drug-likeness (QED) is 0.705. The van der Waals surface area contributed by atoms with E-state index in [9.17, 15) is 9.59 Å². The normalized spacial score (nSPS) is 10.9. The van der Waals surface area contributed by atoms with E-state index in [1.807, 2.05) is 6.07 Å². The van der Waals surface area contributed by atoms with Crippen molar-refractivity contribution in [3.63, 3.8) is 0 Å². The zero-order valence-corrected chi connectivity index (χ0v) is 15.4. The van der Waals surface area contributed by atoms with Crippen molar-refractivity contribution in [1.29, 1.82) is 0 Å². The molecule has 0 bridgehead atoms. The minimum absolute atomic E-state index is 0.234. The predicted molar refractivity (Wildman–Crippen MR) is 95.7 cm³/mol. The molecule has 0 saturated carbocycles. The Morgan fingerprint density at radius 3 is 2.23 bits per heavy atom. The van der Waals surface area contributed by atoms with Crippen molar-refractivity contribution >= 4 is 11.8 Å². The molecule has 7 heteroatoms. The largest absolute Gasteiger partial charge is 0.493 e. The highest BCUT2D eigenvalue weighted by atomic mass is 16.5. The SMILES string of the molecule is COc1ccc(CNC(=O)C(C)(C)C(=O)NCc2ccco2)cc1OC. The molecule has 1 heterocycles. The fourth-order valence-corrected chi connectivity index (χ4v) is 2.30. The lowest BCUT2D eigenvalue weighted by atomic mass is 9.91. The van der Waals surface area contributed by atoms with Crippen molar-refractivity contribution in [3.05, 3.63) is 47.9 Å². The molecule has 0 fully saturated rings. The van der Waals surface area contributed by atoms with Crippen LogP contribution in [0.5, 0.6) is 11.5 Å². The molecule has 0 aliphatic heterocycles. The molecule has 2 rings (SSSR count). The zero-order valence-electron chi connectivity index (χ0n) is 15.4. The first-order valence-corrected chi connectivity index (χ1v) is 8.18. The maximum Gasteiger partial charge on any atom is 0.235 e. The molecule has 140 valence electrons. The van der Waals surface area contributed by atoms with E-state index < -0.39 is 5.41 Å². The van der Waals surface area contributed by atoms with Crippen LogP contribution in [-0.2, 0) is 22.7 Å². The van der Waals surface area contributed by atoms with E-state index in [1.54, 1.807) is 52.3 Å². The third kappa shape index (κ3) is 4.56. The summed E-state index contributed by atoms with van der Waals surface area (Å²) in [6.07, 6.45) is 1.53. The lowest BCUT2D eigenvalue weighted by molar-refractivity contribution is -0.141. The Kier molecular flexibility index (Phi) is 6.27. The van der Waals surface area contributed by atoms with Gasteiger partial charge in [0, 0.05) is 6.54 Å². The van der Waals surface area contributed by atoms with Gasteiger partial charge in [-0.2, -0.15) is 0 Å². The summed E-state index contributed by atoms with van der Waals surface area (Å²) in [5.74, 6) is 1.07.